The molecule has 0 aliphatic carbocycles. The van der Waals surface area contributed by atoms with Crippen molar-refractivity contribution in [1.29, 1.82) is 0 Å². The fourth-order valence-corrected chi connectivity index (χ4v) is 4.63. The van der Waals surface area contributed by atoms with Gasteiger partial charge in [-0.05, 0) is 12.1 Å². The van der Waals surface area contributed by atoms with Crippen molar-refractivity contribution in [2.24, 2.45) is 5.16 Å². The summed E-state index contributed by atoms with van der Waals surface area (Å²) in [5.74, 6) is 0. The third-order valence-corrected chi connectivity index (χ3v) is 6.29. The Hall–Kier alpha value is -2.58. The van der Waals surface area contributed by atoms with Crippen LogP contribution in [-0.4, -0.2) is 40.9 Å². The van der Waals surface area contributed by atoms with Crippen LogP contribution in [0.5, 0.6) is 0 Å². The third-order valence-electron chi connectivity index (χ3n) is 3.91. The maximum Gasteiger partial charge on any atom is 0.137 e. The van der Waals surface area contributed by atoms with Gasteiger partial charge in [0.2, 0.25) is 0 Å². The first kappa shape index (κ1) is 16.9. The molecule has 0 unspecified atom stereocenters. The average Bonchev–Trinajstić information content (AvgIpc) is 3.32. The largest absolute Gasteiger partial charge is 0.391 e. The smallest absolute Gasteiger partial charge is 0.137 e. The highest BCUT2D eigenvalue weighted by Gasteiger charge is 2.26. The van der Waals surface area contributed by atoms with Crippen LogP contribution in [-0.2, 0) is 4.84 Å². The summed E-state index contributed by atoms with van der Waals surface area (Å²) in [5, 5.41) is 7.26. The van der Waals surface area contributed by atoms with E-state index in [9.17, 15) is 0 Å². The van der Waals surface area contributed by atoms with Crippen LogP contribution in [0.3, 0.4) is 0 Å². The van der Waals surface area contributed by atoms with Crippen molar-refractivity contribution in [2.45, 2.75) is 6.42 Å². The first-order chi connectivity index (χ1) is 12.8. The average molecular weight is 384 g/mol. The van der Waals surface area contributed by atoms with E-state index >= 15 is 0 Å². The van der Waals surface area contributed by atoms with Gasteiger partial charge in [-0.15, -0.1) is 11.3 Å². The van der Waals surface area contributed by atoms with E-state index in [1.807, 2.05) is 24.5 Å². The number of thiazole rings is 2. The zero-order valence-corrected chi connectivity index (χ0v) is 15.9. The van der Waals surface area contributed by atoms with Crippen molar-refractivity contribution in [3.63, 3.8) is 0 Å². The van der Waals surface area contributed by atoms with Crippen LogP contribution < -0.4 is 4.90 Å². The number of pyridine rings is 1. The van der Waals surface area contributed by atoms with Crippen LogP contribution in [0.1, 0.15) is 12.1 Å². The van der Waals surface area contributed by atoms with Crippen molar-refractivity contribution in [3.05, 3.63) is 49.1 Å². The molecule has 0 atom stereocenters. The molecule has 6 nitrogen and oxygen atoms in total. The first-order valence-corrected chi connectivity index (χ1v) is 9.78. The Morgan fingerprint density at radius 2 is 2.27 bits per heavy atom. The van der Waals surface area contributed by atoms with Gasteiger partial charge in [0.05, 0.1) is 4.88 Å². The van der Waals surface area contributed by atoms with Gasteiger partial charge in [0, 0.05) is 44.2 Å². The van der Waals surface area contributed by atoms with E-state index in [2.05, 4.69) is 33.7 Å². The van der Waals surface area contributed by atoms with Gasteiger partial charge in [-0.3, -0.25) is 4.98 Å². The fraction of sp³-hybridized carbons (Fsp3) is 0.222. The number of nitrogens with zero attached hydrogens (tertiary/aromatic N) is 5. The zero-order valence-electron chi connectivity index (χ0n) is 14.3. The molecule has 4 heterocycles. The molecule has 0 spiro atoms. The van der Waals surface area contributed by atoms with Crippen LogP contribution in [0.15, 0.2) is 48.5 Å². The number of rotatable bonds is 5. The van der Waals surface area contributed by atoms with Crippen LogP contribution >= 0.6 is 22.7 Å². The van der Waals surface area contributed by atoms with E-state index in [0.29, 0.717) is 6.61 Å². The second-order valence-corrected chi connectivity index (χ2v) is 7.75. The van der Waals surface area contributed by atoms with Crippen molar-refractivity contribution in [2.75, 3.05) is 25.1 Å². The van der Waals surface area contributed by atoms with Gasteiger partial charge in [-0.1, -0.05) is 29.1 Å². The van der Waals surface area contributed by atoms with Gasteiger partial charge in [-0.2, -0.15) is 0 Å². The molecule has 0 saturated heterocycles. The van der Waals surface area contributed by atoms with Gasteiger partial charge in [0.1, 0.15) is 33.0 Å². The quantitative estimate of drug-likeness (QED) is 0.377. The molecule has 0 aromatic carbocycles. The first-order valence-electron chi connectivity index (χ1n) is 8.15. The molecule has 0 radical (unpaired) electrons. The van der Waals surface area contributed by atoms with E-state index in [1.54, 1.807) is 34.9 Å². The molecule has 0 amide bonds. The Morgan fingerprint density at radius 3 is 3.08 bits per heavy atom. The van der Waals surface area contributed by atoms with Crippen LogP contribution in [0.25, 0.3) is 20.5 Å². The molecule has 26 heavy (non-hydrogen) atoms. The Kier molecular flexibility index (Phi) is 4.77. The van der Waals surface area contributed by atoms with Crippen molar-refractivity contribution in [3.8, 4) is 20.5 Å². The minimum atomic E-state index is 0.398. The van der Waals surface area contributed by atoms with Crippen molar-refractivity contribution < 1.29 is 4.84 Å². The van der Waals surface area contributed by atoms with Gasteiger partial charge < -0.3 is 9.74 Å². The molecule has 4 rings (SSSR count). The Balaban J connectivity index is 1.67. The van der Waals surface area contributed by atoms with E-state index in [-0.39, 0.29) is 0 Å². The third kappa shape index (κ3) is 3.25. The summed E-state index contributed by atoms with van der Waals surface area (Å²) >= 11 is 3.28. The lowest BCUT2D eigenvalue weighted by molar-refractivity contribution is 0.174. The van der Waals surface area contributed by atoms with E-state index in [1.165, 1.54) is 0 Å². The van der Waals surface area contributed by atoms with Crippen molar-refractivity contribution in [1.82, 2.24) is 15.0 Å². The molecule has 3 aromatic heterocycles. The lowest BCUT2D eigenvalue weighted by Crippen LogP contribution is -2.27. The van der Waals surface area contributed by atoms with Gasteiger partial charge in [-0.25, -0.2) is 9.97 Å². The molecule has 0 N–H and O–H groups in total. The molecule has 0 fully saturated rings. The predicted molar refractivity (Wildman–Crippen MR) is 107 cm³/mol. The molecule has 0 bridgehead atoms. The van der Waals surface area contributed by atoms with E-state index < -0.39 is 0 Å². The number of hydrogen-bond acceptors (Lipinski definition) is 8. The topological polar surface area (TPSA) is 63.5 Å². The summed E-state index contributed by atoms with van der Waals surface area (Å²) in [6.45, 7) is 4.94. The number of aromatic nitrogens is 3. The number of fused-ring (bicyclic) bond motifs is 1. The summed E-state index contributed by atoms with van der Waals surface area (Å²) in [6, 6.07) is 3.93. The molecule has 3 aromatic rings. The fourth-order valence-electron chi connectivity index (χ4n) is 2.61. The number of anilines is 1. The standard InChI is InChI=1S/C18H17N5OS2/c1-3-9-24-22-13-6-8-23(2)18-15(13)21-17(26-18)14-11-20-16(25-14)12-5-4-7-19-10-12/h3-5,7,10-11H,1,6,8-9H2,2H3/b22-13+. The summed E-state index contributed by atoms with van der Waals surface area (Å²) in [4.78, 5) is 22.1. The number of hydrogen-bond donors (Lipinski definition) is 0. The van der Waals surface area contributed by atoms with Crippen LogP contribution in [0, 0.1) is 0 Å². The summed E-state index contributed by atoms with van der Waals surface area (Å²) in [7, 11) is 2.08. The summed E-state index contributed by atoms with van der Waals surface area (Å²) in [6.07, 6.45) is 7.96. The van der Waals surface area contributed by atoms with Crippen LogP contribution in [0.2, 0.25) is 0 Å². The highest BCUT2D eigenvalue weighted by Crippen LogP contribution is 2.40. The molecular formula is C18H17N5OS2. The molecule has 0 saturated carbocycles. The SMILES string of the molecule is C=CCO/N=C1\CCN(C)c2sc(-c3cnc(-c4cccnc4)s3)nc21. The molecule has 1 aliphatic heterocycles. The second kappa shape index (κ2) is 7.35. The second-order valence-electron chi connectivity index (χ2n) is 5.74. The maximum absolute atomic E-state index is 5.29. The molecular weight excluding hydrogens is 366 g/mol. The molecule has 1 aliphatic rings. The van der Waals surface area contributed by atoms with E-state index in [4.69, 9.17) is 9.82 Å². The van der Waals surface area contributed by atoms with Gasteiger partial charge in [0.15, 0.2) is 0 Å². The monoisotopic (exact) mass is 383 g/mol. The maximum atomic E-state index is 5.29. The molecule has 8 heteroatoms. The summed E-state index contributed by atoms with van der Waals surface area (Å²) in [5.41, 5.74) is 2.81. The predicted octanol–water partition coefficient (Wildman–Crippen LogP) is 4.08. The lowest BCUT2D eigenvalue weighted by atomic mass is 10.1. The zero-order chi connectivity index (χ0) is 17.9. The van der Waals surface area contributed by atoms with E-state index in [0.717, 1.165) is 49.8 Å². The highest BCUT2D eigenvalue weighted by atomic mass is 32.1. The Labute approximate surface area is 159 Å². The minimum absolute atomic E-state index is 0.398. The lowest BCUT2D eigenvalue weighted by Gasteiger charge is -2.23. The number of oxime groups is 1. The molecule has 132 valence electrons. The normalized spacial score (nSPS) is 15.1. The Bertz CT molecular complexity index is 948. The van der Waals surface area contributed by atoms with Gasteiger partial charge >= 0.3 is 0 Å². The summed E-state index contributed by atoms with van der Waals surface area (Å²) < 4.78 is 0. The van der Waals surface area contributed by atoms with Crippen LogP contribution in [0.4, 0.5) is 5.00 Å². The van der Waals surface area contributed by atoms with Gasteiger partial charge in [0.25, 0.3) is 0 Å². The highest BCUT2D eigenvalue weighted by molar-refractivity contribution is 7.25. The Morgan fingerprint density at radius 1 is 1.35 bits per heavy atom. The van der Waals surface area contributed by atoms with Crippen molar-refractivity contribution >= 4 is 33.4 Å². The minimum Gasteiger partial charge on any atom is -0.391 e.